The Kier molecular flexibility index (Phi) is 19.3. The Balaban J connectivity index is 0.000000116. The van der Waals surface area contributed by atoms with Crippen molar-refractivity contribution < 1.29 is 4.42 Å². The number of thiophene rings is 1. The Morgan fingerprint density at radius 1 is 0.300 bits per heavy atom. The lowest BCUT2D eigenvalue weighted by atomic mass is 10.0. The minimum absolute atomic E-state index is 0.885. The van der Waals surface area contributed by atoms with Gasteiger partial charge < -0.3 is 23.7 Å². The van der Waals surface area contributed by atoms with Crippen molar-refractivity contribution >= 4 is 185 Å². The van der Waals surface area contributed by atoms with Crippen molar-refractivity contribution in [3.63, 3.8) is 0 Å². The van der Waals surface area contributed by atoms with Crippen LogP contribution in [0.4, 0.5) is 51.2 Å². The molecule has 0 bridgehead atoms. The van der Waals surface area contributed by atoms with E-state index in [2.05, 4.69) is 449 Å². The maximum Gasteiger partial charge on any atom is 0.137 e. The molecule has 110 heavy (non-hydrogen) atoms. The van der Waals surface area contributed by atoms with Crippen LogP contribution in [0.5, 0.6) is 0 Å². The van der Waals surface area contributed by atoms with E-state index in [0.29, 0.717) is 0 Å². The maximum atomic E-state index is 6.24. The highest BCUT2D eigenvalue weighted by Crippen LogP contribution is 2.46. The van der Waals surface area contributed by atoms with Crippen molar-refractivity contribution in [2.45, 2.75) is 6.92 Å². The van der Waals surface area contributed by atoms with E-state index in [4.69, 9.17) is 4.42 Å². The SMILES string of the molecule is Brc1ccc(-c2ccc(N(c3ccc4ccccc4c3)c3ccc4c(c3)oc3ccccc34)cc2)cc1.Brc1ccc(-c2cccc(N(c3ccccc3)c3cccc4c3ccc3c4ccn3-c3ccccc3)c2)cc1.Cc1ccc(N(c2ccc(-c3ccc(Br)cc3)cc2)c2ccc3c(c2)sc2ncccc23)cc1. The number of aromatic nitrogens is 2. The quantitative estimate of drug-likeness (QED) is 0.115. The highest BCUT2D eigenvalue weighted by atomic mass is 79.9. The summed E-state index contributed by atoms with van der Waals surface area (Å²) in [6.45, 7) is 2.12. The van der Waals surface area contributed by atoms with Gasteiger partial charge in [0.15, 0.2) is 0 Å². The maximum absolute atomic E-state index is 6.24. The molecule has 6 nitrogen and oxygen atoms in total. The van der Waals surface area contributed by atoms with Gasteiger partial charge in [0, 0.05) is 120 Å². The Morgan fingerprint density at radius 3 is 1.45 bits per heavy atom. The van der Waals surface area contributed by atoms with Crippen LogP contribution in [0.15, 0.2) is 412 Å². The van der Waals surface area contributed by atoms with Gasteiger partial charge in [-0.2, -0.15) is 0 Å². The van der Waals surface area contributed by atoms with Crippen LogP contribution in [0, 0.1) is 6.92 Å². The molecule has 0 fully saturated rings. The van der Waals surface area contributed by atoms with Gasteiger partial charge in [0.1, 0.15) is 16.0 Å². The monoisotopic (exact) mass is 1620 g/mol. The molecule has 10 heteroatoms. The summed E-state index contributed by atoms with van der Waals surface area (Å²) < 4.78 is 13.0. The number of fused-ring (bicyclic) bond motifs is 10. The summed E-state index contributed by atoms with van der Waals surface area (Å²) in [5, 5.41) is 10.9. The Bertz CT molecular complexity index is 6690. The zero-order valence-corrected chi connectivity index (χ0v) is 65.3. The Labute approximate surface area is 667 Å². The minimum Gasteiger partial charge on any atom is -0.456 e. The summed E-state index contributed by atoms with van der Waals surface area (Å²) in [7, 11) is 0. The van der Waals surface area contributed by atoms with Crippen molar-refractivity contribution in [1.29, 1.82) is 0 Å². The van der Waals surface area contributed by atoms with E-state index in [1.54, 1.807) is 11.3 Å². The number of rotatable bonds is 13. The molecule has 20 rings (SSSR count). The second kappa shape index (κ2) is 30.7. The van der Waals surface area contributed by atoms with Crippen LogP contribution < -0.4 is 14.7 Å². The molecule has 0 saturated heterocycles. The highest BCUT2D eigenvalue weighted by molar-refractivity contribution is 9.11. The van der Waals surface area contributed by atoms with Gasteiger partial charge in [-0.05, 0) is 238 Å². The van der Waals surface area contributed by atoms with Gasteiger partial charge in [0.05, 0.1) is 11.2 Å². The molecule has 4 aromatic heterocycles. The number of pyridine rings is 1. The lowest BCUT2D eigenvalue weighted by Crippen LogP contribution is -2.10. The smallest absolute Gasteiger partial charge is 0.137 e. The first kappa shape index (κ1) is 69.3. The van der Waals surface area contributed by atoms with Crippen molar-refractivity contribution in [2.24, 2.45) is 0 Å². The summed E-state index contributed by atoms with van der Waals surface area (Å²) in [5.74, 6) is 0. The molecule has 526 valence electrons. The second-order valence-corrected chi connectivity index (χ2v) is 31.0. The van der Waals surface area contributed by atoms with Crippen LogP contribution in [0.3, 0.4) is 0 Å². The third kappa shape index (κ3) is 14.2. The second-order valence-electron chi connectivity index (χ2n) is 27.2. The largest absolute Gasteiger partial charge is 0.456 e. The number of anilines is 9. The van der Waals surface area contributed by atoms with Crippen LogP contribution in [0.2, 0.25) is 0 Å². The minimum atomic E-state index is 0.885. The fraction of sp³-hybridized carbons (Fsp3) is 0.0100. The highest BCUT2D eigenvalue weighted by Gasteiger charge is 2.21. The van der Waals surface area contributed by atoms with Crippen LogP contribution >= 0.6 is 59.1 Å². The fourth-order valence-corrected chi connectivity index (χ4v) is 16.7. The third-order valence-corrected chi connectivity index (χ3v) is 22.9. The van der Waals surface area contributed by atoms with Crippen molar-refractivity contribution in [3.05, 3.63) is 414 Å². The predicted molar refractivity (Wildman–Crippen MR) is 477 cm³/mol. The number of para-hydroxylation sites is 3. The van der Waals surface area contributed by atoms with Gasteiger partial charge in [0.25, 0.3) is 0 Å². The van der Waals surface area contributed by atoms with Crippen molar-refractivity contribution in [2.75, 3.05) is 14.7 Å². The number of halogens is 3. The van der Waals surface area contributed by atoms with Gasteiger partial charge in [-0.1, -0.05) is 247 Å². The molecule has 0 aliphatic rings. The lowest BCUT2D eigenvalue weighted by molar-refractivity contribution is 0.669. The normalized spacial score (nSPS) is 11.3. The van der Waals surface area contributed by atoms with Gasteiger partial charge in [-0.3, -0.25) is 0 Å². The van der Waals surface area contributed by atoms with Gasteiger partial charge in [-0.15, -0.1) is 11.3 Å². The lowest BCUT2D eigenvalue weighted by Gasteiger charge is -2.27. The molecule has 4 heterocycles. The number of furan rings is 1. The standard InChI is InChI=1S/C36H25BrN2.C34H22BrNO.C30H21BrN2S/c37-28-19-17-26(18-20-28)27-9-7-14-31(25-27)39(30-12-5-2-6-13-30)36-16-8-15-32-33(36)21-22-35-34(32)23-24-38(35)29-10-3-1-4-11-29;35-27-14-9-24(10-15-27)25-11-16-28(17-12-25)36(29-18-13-23-5-1-2-6-26(23)21-29)30-19-20-32-31-7-3-4-8-33(31)37-34(32)22-30;1-20-4-12-24(13-5-20)33(25-14-8-22(9-15-25)21-6-10-23(31)11-7-21)26-16-17-27-28-3-2-18-32-30(28)34-29(27)19-26/h1-25H;1-22H;2-19H,1H3. The van der Waals surface area contributed by atoms with Crippen LogP contribution in [-0.2, 0) is 0 Å². The van der Waals surface area contributed by atoms with Gasteiger partial charge >= 0.3 is 0 Å². The van der Waals surface area contributed by atoms with Gasteiger partial charge in [0.2, 0.25) is 0 Å². The molecule has 0 aliphatic carbocycles. The third-order valence-electron chi connectivity index (χ3n) is 20.3. The number of benzene rings is 16. The number of hydrogen-bond donors (Lipinski definition) is 0. The van der Waals surface area contributed by atoms with Crippen LogP contribution in [0.25, 0.3) is 114 Å². The molecular formula is C100H68Br3N5OS. The summed E-state index contributed by atoms with van der Waals surface area (Å²) in [4.78, 5) is 12.6. The van der Waals surface area contributed by atoms with Crippen LogP contribution in [0.1, 0.15) is 5.56 Å². The van der Waals surface area contributed by atoms with E-state index in [1.807, 2.05) is 24.4 Å². The molecule has 0 N–H and O–H groups in total. The van der Waals surface area contributed by atoms with Crippen molar-refractivity contribution in [1.82, 2.24) is 9.55 Å². The molecule has 0 amide bonds. The first-order valence-electron chi connectivity index (χ1n) is 36.5. The van der Waals surface area contributed by atoms with E-state index in [-0.39, 0.29) is 0 Å². The molecule has 20 aromatic rings. The predicted octanol–water partition coefficient (Wildman–Crippen LogP) is 31.0. The summed E-state index contributed by atoms with van der Waals surface area (Å²) in [6, 6.07) is 136. The molecule has 0 saturated carbocycles. The van der Waals surface area contributed by atoms with E-state index in [9.17, 15) is 0 Å². The molecule has 0 atom stereocenters. The molecular weight excluding hydrogens is 1560 g/mol. The number of nitrogens with zero attached hydrogens (tertiary/aromatic N) is 5. The average molecular weight is 1630 g/mol. The van der Waals surface area contributed by atoms with E-state index >= 15 is 0 Å². The zero-order chi connectivity index (χ0) is 74.0. The average Bonchev–Trinajstić information content (AvgIpc) is 1.40. The van der Waals surface area contributed by atoms with E-state index < -0.39 is 0 Å². The first-order valence-corrected chi connectivity index (χ1v) is 39.7. The van der Waals surface area contributed by atoms with Gasteiger partial charge in [-0.25, -0.2) is 4.98 Å². The van der Waals surface area contributed by atoms with Crippen molar-refractivity contribution in [3.8, 4) is 39.1 Å². The summed E-state index contributed by atoms with van der Waals surface area (Å²) in [6.07, 6.45) is 4.03. The number of hydrogen-bond acceptors (Lipinski definition) is 6. The molecule has 0 aliphatic heterocycles. The molecule has 0 radical (unpaired) electrons. The van der Waals surface area contributed by atoms with E-state index in [0.717, 1.165) is 91.4 Å². The fourth-order valence-electron chi connectivity index (χ4n) is 14.8. The summed E-state index contributed by atoms with van der Waals surface area (Å²) >= 11 is 12.4. The molecule has 16 aromatic carbocycles. The first-order chi connectivity index (χ1) is 54.1. The Hall–Kier alpha value is -12.4. The molecule has 0 unspecified atom stereocenters. The van der Waals surface area contributed by atoms with Crippen LogP contribution in [-0.4, -0.2) is 9.55 Å². The Morgan fingerprint density at radius 2 is 0.773 bits per heavy atom. The van der Waals surface area contributed by atoms with E-state index in [1.165, 1.54) is 92.6 Å². The molecule has 0 spiro atoms. The summed E-state index contributed by atoms with van der Waals surface area (Å²) in [5.41, 5.74) is 22.6. The topological polar surface area (TPSA) is 40.7 Å². The zero-order valence-electron chi connectivity index (χ0n) is 59.7. The number of aryl methyl sites for hydroxylation is 1.